The van der Waals surface area contributed by atoms with Crippen LogP contribution in [0.5, 0.6) is 0 Å². The van der Waals surface area contributed by atoms with Crippen molar-refractivity contribution in [1.29, 1.82) is 0 Å². The van der Waals surface area contributed by atoms with Crippen molar-refractivity contribution < 1.29 is 4.79 Å². The first-order valence-electron chi connectivity index (χ1n) is 4.33. The van der Waals surface area contributed by atoms with Crippen LogP contribution in [0.15, 0.2) is 18.2 Å². The van der Waals surface area contributed by atoms with Crippen molar-refractivity contribution in [3.05, 3.63) is 34.9 Å². The zero-order chi connectivity index (χ0) is 8.97. The van der Waals surface area contributed by atoms with E-state index in [1.165, 1.54) is 5.56 Å². The Hall–Kier alpha value is -1.11. The summed E-state index contributed by atoms with van der Waals surface area (Å²) in [6.07, 6.45) is 3.12. The molecule has 1 heteroatoms. The molecule has 0 heterocycles. The van der Waals surface area contributed by atoms with Crippen LogP contribution in [0.1, 0.15) is 34.8 Å². The van der Waals surface area contributed by atoms with E-state index in [2.05, 4.69) is 13.0 Å². The fourth-order valence-corrected chi connectivity index (χ4v) is 1.37. The molecule has 0 atom stereocenters. The van der Waals surface area contributed by atoms with Gasteiger partial charge in [-0.3, -0.25) is 4.79 Å². The number of carbonyl (C=O) groups excluding carboxylic acids is 1. The van der Waals surface area contributed by atoms with Crippen LogP contribution in [0.2, 0.25) is 0 Å². The molecule has 0 aliphatic carbocycles. The van der Waals surface area contributed by atoms with Crippen LogP contribution in [-0.4, -0.2) is 6.29 Å². The SMILES string of the molecule is CCCc1cccc(C=O)c1C. The Labute approximate surface area is 73.4 Å². The van der Waals surface area contributed by atoms with Gasteiger partial charge in [0, 0.05) is 5.56 Å². The zero-order valence-corrected chi connectivity index (χ0v) is 7.63. The van der Waals surface area contributed by atoms with Crippen molar-refractivity contribution in [2.24, 2.45) is 0 Å². The lowest BCUT2D eigenvalue weighted by Gasteiger charge is -2.05. The molecule has 1 aromatic carbocycles. The number of hydrogen-bond donors (Lipinski definition) is 0. The van der Waals surface area contributed by atoms with Crippen LogP contribution >= 0.6 is 0 Å². The molecule has 0 bridgehead atoms. The highest BCUT2D eigenvalue weighted by Crippen LogP contribution is 2.13. The van der Waals surface area contributed by atoms with E-state index in [0.717, 1.165) is 30.3 Å². The number of benzene rings is 1. The Balaban J connectivity index is 3.04. The van der Waals surface area contributed by atoms with E-state index < -0.39 is 0 Å². The molecular formula is C11H14O. The van der Waals surface area contributed by atoms with Gasteiger partial charge in [-0.1, -0.05) is 31.5 Å². The second-order valence-electron chi connectivity index (χ2n) is 3.00. The van der Waals surface area contributed by atoms with Gasteiger partial charge in [0.1, 0.15) is 6.29 Å². The van der Waals surface area contributed by atoms with Crippen LogP contribution in [0.25, 0.3) is 0 Å². The Bertz CT molecular complexity index is 276. The van der Waals surface area contributed by atoms with Gasteiger partial charge in [-0.05, 0) is 24.5 Å². The summed E-state index contributed by atoms with van der Waals surface area (Å²) in [4.78, 5) is 10.6. The molecule has 0 aliphatic rings. The fraction of sp³-hybridized carbons (Fsp3) is 0.364. The van der Waals surface area contributed by atoms with E-state index in [-0.39, 0.29) is 0 Å². The van der Waals surface area contributed by atoms with Gasteiger partial charge < -0.3 is 0 Å². The first kappa shape index (κ1) is 8.98. The third-order valence-corrected chi connectivity index (χ3v) is 2.13. The first-order valence-corrected chi connectivity index (χ1v) is 4.33. The zero-order valence-electron chi connectivity index (χ0n) is 7.63. The summed E-state index contributed by atoms with van der Waals surface area (Å²) in [5.41, 5.74) is 3.25. The molecule has 12 heavy (non-hydrogen) atoms. The van der Waals surface area contributed by atoms with Gasteiger partial charge >= 0.3 is 0 Å². The lowest BCUT2D eigenvalue weighted by molar-refractivity contribution is 0.112. The summed E-state index contributed by atoms with van der Waals surface area (Å²) < 4.78 is 0. The van der Waals surface area contributed by atoms with Gasteiger partial charge in [0.25, 0.3) is 0 Å². The van der Waals surface area contributed by atoms with E-state index >= 15 is 0 Å². The highest BCUT2D eigenvalue weighted by Gasteiger charge is 2.00. The van der Waals surface area contributed by atoms with E-state index in [0.29, 0.717) is 0 Å². The molecule has 0 unspecified atom stereocenters. The van der Waals surface area contributed by atoms with Crippen LogP contribution in [0, 0.1) is 6.92 Å². The van der Waals surface area contributed by atoms with E-state index in [1.807, 2.05) is 19.1 Å². The molecule has 0 amide bonds. The first-order chi connectivity index (χ1) is 5.79. The minimum Gasteiger partial charge on any atom is -0.298 e. The lowest BCUT2D eigenvalue weighted by atomic mass is 10.00. The molecule has 0 spiro atoms. The minimum absolute atomic E-state index is 0.820. The molecule has 0 radical (unpaired) electrons. The monoisotopic (exact) mass is 162 g/mol. The molecule has 1 aromatic rings. The molecule has 0 aliphatic heterocycles. The van der Waals surface area contributed by atoms with Crippen molar-refractivity contribution in [3.8, 4) is 0 Å². The summed E-state index contributed by atoms with van der Waals surface area (Å²) >= 11 is 0. The Morgan fingerprint density at radius 1 is 1.42 bits per heavy atom. The molecule has 0 saturated heterocycles. The molecule has 1 nitrogen and oxygen atoms in total. The fourth-order valence-electron chi connectivity index (χ4n) is 1.37. The molecule has 0 fully saturated rings. The van der Waals surface area contributed by atoms with Gasteiger partial charge in [0.05, 0.1) is 0 Å². The van der Waals surface area contributed by atoms with Crippen molar-refractivity contribution in [2.75, 3.05) is 0 Å². The maximum atomic E-state index is 10.6. The summed E-state index contributed by atoms with van der Waals surface area (Å²) in [5.74, 6) is 0. The maximum Gasteiger partial charge on any atom is 0.150 e. The average Bonchev–Trinajstić information content (AvgIpc) is 2.09. The van der Waals surface area contributed by atoms with Crippen molar-refractivity contribution >= 4 is 6.29 Å². The standard InChI is InChI=1S/C11H14O/c1-3-5-10-6-4-7-11(8-12)9(10)2/h4,6-8H,3,5H2,1-2H3. The van der Waals surface area contributed by atoms with Crippen LogP contribution in [0.4, 0.5) is 0 Å². The van der Waals surface area contributed by atoms with Crippen molar-refractivity contribution in [3.63, 3.8) is 0 Å². The maximum absolute atomic E-state index is 10.6. The van der Waals surface area contributed by atoms with Gasteiger partial charge in [-0.25, -0.2) is 0 Å². The lowest BCUT2D eigenvalue weighted by Crippen LogP contribution is -1.93. The van der Waals surface area contributed by atoms with Crippen molar-refractivity contribution in [2.45, 2.75) is 26.7 Å². The second kappa shape index (κ2) is 4.05. The largest absolute Gasteiger partial charge is 0.298 e. The highest BCUT2D eigenvalue weighted by atomic mass is 16.1. The van der Waals surface area contributed by atoms with Gasteiger partial charge in [0.2, 0.25) is 0 Å². The Morgan fingerprint density at radius 3 is 2.75 bits per heavy atom. The normalized spacial score (nSPS) is 9.83. The highest BCUT2D eigenvalue weighted by molar-refractivity contribution is 5.77. The number of aryl methyl sites for hydroxylation is 1. The van der Waals surface area contributed by atoms with Crippen LogP contribution in [0.3, 0.4) is 0 Å². The number of hydrogen-bond acceptors (Lipinski definition) is 1. The van der Waals surface area contributed by atoms with Crippen molar-refractivity contribution in [1.82, 2.24) is 0 Å². The summed E-state index contributed by atoms with van der Waals surface area (Å²) in [6, 6.07) is 5.90. The Morgan fingerprint density at radius 2 is 2.17 bits per heavy atom. The van der Waals surface area contributed by atoms with Gasteiger partial charge in [0.15, 0.2) is 0 Å². The predicted octanol–water partition coefficient (Wildman–Crippen LogP) is 2.76. The van der Waals surface area contributed by atoms with E-state index in [9.17, 15) is 4.79 Å². The van der Waals surface area contributed by atoms with Crippen LogP contribution < -0.4 is 0 Å². The molecule has 64 valence electrons. The summed E-state index contributed by atoms with van der Waals surface area (Å²) in [5, 5.41) is 0. The van der Waals surface area contributed by atoms with E-state index in [1.54, 1.807) is 0 Å². The third kappa shape index (κ3) is 1.73. The second-order valence-corrected chi connectivity index (χ2v) is 3.00. The molecular weight excluding hydrogens is 148 g/mol. The predicted molar refractivity (Wildman–Crippen MR) is 50.6 cm³/mol. The van der Waals surface area contributed by atoms with Gasteiger partial charge in [-0.2, -0.15) is 0 Å². The number of aldehydes is 1. The summed E-state index contributed by atoms with van der Waals surface area (Å²) in [7, 11) is 0. The topological polar surface area (TPSA) is 17.1 Å². The van der Waals surface area contributed by atoms with Crippen LogP contribution in [-0.2, 0) is 6.42 Å². The Kier molecular flexibility index (Phi) is 3.03. The van der Waals surface area contributed by atoms with E-state index in [4.69, 9.17) is 0 Å². The molecule has 0 N–H and O–H groups in total. The number of carbonyl (C=O) groups is 1. The minimum atomic E-state index is 0.820. The quantitative estimate of drug-likeness (QED) is 0.624. The molecule has 1 rings (SSSR count). The average molecular weight is 162 g/mol. The molecule has 0 saturated carbocycles. The summed E-state index contributed by atoms with van der Waals surface area (Å²) in [6.45, 7) is 4.15. The third-order valence-electron chi connectivity index (χ3n) is 2.13. The van der Waals surface area contributed by atoms with Gasteiger partial charge in [-0.15, -0.1) is 0 Å². The molecule has 0 aromatic heterocycles. The number of rotatable bonds is 3. The smallest absolute Gasteiger partial charge is 0.150 e.